The fourth-order valence-corrected chi connectivity index (χ4v) is 2.93. The second kappa shape index (κ2) is 6.83. The number of thiocarbonyl (C=S) groups is 1. The fourth-order valence-electron chi connectivity index (χ4n) is 2.85. The molecule has 3 rings (SSSR count). The number of cyclic esters (lactones) is 1. The van der Waals surface area contributed by atoms with E-state index < -0.39 is 11.9 Å². The average molecular weight is 366 g/mol. The maximum atomic E-state index is 14.5. The topological polar surface area (TPSA) is 65.1 Å². The van der Waals surface area contributed by atoms with Gasteiger partial charge in [-0.1, -0.05) is 12.2 Å². The maximum absolute atomic E-state index is 14.5. The van der Waals surface area contributed by atoms with E-state index in [4.69, 9.17) is 17.0 Å². The van der Waals surface area contributed by atoms with Crippen LogP contribution in [0, 0.1) is 5.82 Å². The Balaban J connectivity index is 1.71. The van der Waals surface area contributed by atoms with Crippen molar-refractivity contribution in [2.45, 2.75) is 13.0 Å². The van der Waals surface area contributed by atoms with Crippen LogP contribution in [0.3, 0.4) is 0 Å². The molecule has 1 aromatic carbocycles. The van der Waals surface area contributed by atoms with E-state index in [0.29, 0.717) is 36.1 Å². The lowest BCUT2D eigenvalue weighted by Gasteiger charge is -2.20. The van der Waals surface area contributed by atoms with Crippen LogP contribution in [0.2, 0.25) is 0 Å². The number of carbonyl (C=O) groups excluding carboxylic acids is 2. The first-order chi connectivity index (χ1) is 11.8. The lowest BCUT2D eigenvalue weighted by molar-refractivity contribution is -0.125. The van der Waals surface area contributed by atoms with E-state index in [9.17, 15) is 14.0 Å². The molecule has 1 aromatic rings. The molecule has 2 fully saturated rings. The van der Waals surface area contributed by atoms with Crippen molar-refractivity contribution in [3.05, 3.63) is 24.0 Å². The summed E-state index contributed by atoms with van der Waals surface area (Å²) < 4.78 is 19.8. The standard InChI is InChI=1S/C16H19FN4O3S/c1-10(25)18-6-12-7-21(16(23)24-12)11-3-4-14(13(17)5-11)20-8-15(22)19(2)9-20/h3-5,12H,6-9H2,1-2H3,(H,18,25). The number of amides is 2. The molecule has 2 saturated heterocycles. The number of nitrogens with zero attached hydrogens (tertiary/aromatic N) is 3. The molecular formula is C16H19FN4O3S. The number of nitrogens with one attached hydrogen (secondary N) is 1. The fraction of sp³-hybridized carbons (Fsp3) is 0.438. The van der Waals surface area contributed by atoms with Crippen molar-refractivity contribution in [2.24, 2.45) is 0 Å². The Labute approximate surface area is 150 Å². The predicted molar refractivity (Wildman–Crippen MR) is 95.3 cm³/mol. The summed E-state index contributed by atoms with van der Waals surface area (Å²) in [5.74, 6) is -0.541. The second-order valence-corrected chi connectivity index (χ2v) is 6.73. The molecule has 0 aliphatic carbocycles. The van der Waals surface area contributed by atoms with E-state index in [1.807, 2.05) is 0 Å². The molecule has 2 heterocycles. The first-order valence-corrected chi connectivity index (χ1v) is 8.27. The van der Waals surface area contributed by atoms with Crippen LogP contribution >= 0.6 is 12.2 Å². The van der Waals surface area contributed by atoms with Crippen molar-refractivity contribution >= 4 is 40.6 Å². The lowest BCUT2D eigenvalue weighted by Crippen LogP contribution is -2.32. The SMILES string of the molecule is CC(=S)NCC1CN(c2ccc(N3CC(=O)N(C)C3)c(F)c2)C(=O)O1. The summed E-state index contributed by atoms with van der Waals surface area (Å²) in [6.45, 7) is 2.96. The van der Waals surface area contributed by atoms with E-state index >= 15 is 0 Å². The Morgan fingerprint density at radius 2 is 2.20 bits per heavy atom. The number of anilines is 2. The normalized spacial score (nSPS) is 20.3. The molecule has 1 atom stereocenters. The smallest absolute Gasteiger partial charge is 0.414 e. The zero-order valence-corrected chi connectivity index (χ0v) is 14.8. The quantitative estimate of drug-likeness (QED) is 0.811. The zero-order valence-electron chi connectivity index (χ0n) is 14.0. The molecule has 2 aliphatic heterocycles. The summed E-state index contributed by atoms with van der Waals surface area (Å²) in [6, 6.07) is 4.53. The minimum absolute atomic E-state index is 0.0595. The summed E-state index contributed by atoms with van der Waals surface area (Å²) in [7, 11) is 1.67. The van der Waals surface area contributed by atoms with E-state index in [0.717, 1.165) is 0 Å². The Morgan fingerprint density at radius 3 is 2.80 bits per heavy atom. The molecule has 0 saturated carbocycles. The Morgan fingerprint density at radius 1 is 1.44 bits per heavy atom. The van der Waals surface area contributed by atoms with E-state index in [-0.39, 0.29) is 18.6 Å². The third kappa shape index (κ3) is 3.65. The number of benzene rings is 1. The number of ether oxygens (including phenoxy) is 1. The minimum atomic E-state index is -0.517. The van der Waals surface area contributed by atoms with Crippen LogP contribution in [0.5, 0.6) is 0 Å². The summed E-state index contributed by atoms with van der Waals surface area (Å²) in [6.07, 6.45) is -0.866. The molecule has 7 nitrogen and oxygen atoms in total. The third-order valence-corrected chi connectivity index (χ3v) is 4.32. The van der Waals surface area contributed by atoms with Crippen molar-refractivity contribution in [3.8, 4) is 0 Å². The van der Waals surface area contributed by atoms with Gasteiger partial charge in [-0.3, -0.25) is 9.69 Å². The van der Waals surface area contributed by atoms with Crippen molar-refractivity contribution in [1.29, 1.82) is 0 Å². The van der Waals surface area contributed by atoms with Gasteiger partial charge in [0.2, 0.25) is 5.91 Å². The summed E-state index contributed by atoms with van der Waals surface area (Å²) in [4.78, 5) is 28.8. The van der Waals surface area contributed by atoms with Crippen LogP contribution in [0.1, 0.15) is 6.92 Å². The van der Waals surface area contributed by atoms with Gasteiger partial charge < -0.3 is 19.9 Å². The van der Waals surface area contributed by atoms with Crippen LogP contribution in [-0.4, -0.2) is 61.3 Å². The highest BCUT2D eigenvalue weighted by atomic mass is 32.1. The largest absolute Gasteiger partial charge is 0.442 e. The highest BCUT2D eigenvalue weighted by Crippen LogP contribution is 2.29. The molecule has 0 aromatic heterocycles. The molecular weight excluding hydrogens is 347 g/mol. The number of rotatable bonds is 4. The minimum Gasteiger partial charge on any atom is -0.442 e. The highest BCUT2D eigenvalue weighted by Gasteiger charge is 2.33. The maximum Gasteiger partial charge on any atom is 0.414 e. The Hall–Kier alpha value is -2.42. The van der Waals surface area contributed by atoms with Crippen LogP contribution in [0.15, 0.2) is 18.2 Å². The second-order valence-electron chi connectivity index (χ2n) is 6.12. The van der Waals surface area contributed by atoms with Crippen molar-refractivity contribution in [3.63, 3.8) is 0 Å². The lowest BCUT2D eigenvalue weighted by atomic mass is 10.2. The van der Waals surface area contributed by atoms with E-state index in [1.54, 1.807) is 31.0 Å². The molecule has 1 N–H and O–H groups in total. The van der Waals surface area contributed by atoms with Gasteiger partial charge in [0.15, 0.2) is 0 Å². The van der Waals surface area contributed by atoms with Gasteiger partial charge in [-0.05, 0) is 25.1 Å². The van der Waals surface area contributed by atoms with E-state index in [1.165, 1.54) is 15.9 Å². The van der Waals surface area contributed by atoms with Gasteiger partial charge in [0.1, 0.15) is 11.9 Å². The van der Waals surface area contributed by atoms with E-state index in [2.05, 4.69) is 5.32 Å². The van der Waals surface area contributed by atoms with Crippen LogP contribution in [0.4, 0.5) is 20.6 Å². The van der Waals surface area contributed by atoms with Gasteiger partial charge in [0.05, 0.1) is 42.7 Å². The van der Waals surface area contributed by atoms with Crippen molar-refractivity contribution in [2.75, 3.05) is 43.2 Å². The molecule has 1 unspecified atom stereocenters. The van der Waals surface area contributed by atoms with Crippen LogP contribution < -0.4 is 15.1 Å². The van der Waals surface area contributed by atoms with Gasteiger partial charge in [-0.25, -0.2) is 9.18 Å². The number of hydrogen-bond donors (Lipinski definition) is 1. The molecule has 2 amide bonds. The number of hydrogen-bond acceptors (Lipinski definition) is 5. The van der Waals surface area contributed by atoms with Crippen LogP contribution in [-0.2, 0) is 9.53 Å². The first kappa shape index (κ1) is 17.4. The van der Waals surface area contributed by atoms with Gasteiger partial charge in [0, 0.05) is 7.05 Å². The van der Waals surface area contributed by atoms with Crippen LogP contribution in [0.25, 0.3) is 0 Å². The average Bonchev–Trinajstić information content (AvgIpc) is 3.08. The summed E-state index contributed by atoms with van der Waals surface area (Å²) in [5.41, 5.74) is 0.760. The summed E-state index contributed by atoms with van der Waals surface area (Å²) >= 11 is 4.94. The zero-order chi connectivity index (χ0) is 18.1. The first-order valence-electron chi connectivity index (χ1n) is 7.86. The number of carbonyl (C=O) groups is 2. The van der Waals surface area contributed by atoms with Gasteiger partial charge in [0.25, 0.3) is 0 Å². The molecule has 0 radical (unpaired) electrons. The summed E-state index contributed by atoms with van der Waals surface area (Å²) in [5, 5.41) is 2.96. The molecule has 0 bridgehead atoms. The number of halogens is 1. The van der Waals surface area contributed by atoms with Gasteiger partial charge in [-0.2, -0.15) is 0 Å². The van der Waals surface area contributed by atoms with Gasteiger partial charge in [-0.15, -0.1) is 0 Å². The Bertz CT molecular complexity index is 729. The molecule has 2 aliphatic rings. The molecule has 25 heavy (non-hydrogen) atoms. The predicted octanol–water partition coefficient (Wildman–Crippen LogP) is 1.32. The highest BCUT2D eigenvalue weighted by molar-refractivity contribution is 7.80. The molecule has 134 valence electrons. The van der Waals surface area contributed by atoms with Crippen molar-refractivity contribution < 1.29 is 18.7 Å². The Kier molecular flexibility index (Phi) is 4.76. The molecule has 0 spiro atoms. The van der Waals surface area contributed by atoms with Crippen molar-refractivity contribution in [1.82, 2.24) is 10.2 Å². The molecule has 9 heteroatoms. The monoisotopic (exact) mass is 366 g/mol. The van der Waals surface area contributed by atoms with Gasteiger partial charge >= 0.3 is 6.09 Å². The number of likely N-dealkylation sites (N-methyl/N-ethyl adjacent to an activating group) is 1. The third-order valence-electron chi connectivity index (χ3n) is 4.17.